The molecule has 0 spiro atoms. The second-order valence-corrected chi connectivity index (χ2v) is 7.12. The van der Waals surface area contributed by atoms with Gasteiger partial charge in [-0.2, -0.15) is 0 Å². The topological polar surface area (TPSA) is 69.1 Å². The van der Waals surface area contributed by atoms with E-state index in [4.69, 9.17) is 9.73 Å². The number of rotatable bonds is 7. The van der Waals surface area contributed by atoms with Gasteiger partial charge in [-0.05, 0) is 57.2 Å². The van der Waals surface area contributed by atoms with E-state index < -0.39 is 0 Å². The number of likely N-dealkylation sites (tertiary alicyclic amines) is 1. The summed E-state index contributed by atoms with van der Waals surface area (Å²) in [6.07, 6.45) is 5.13. The molecule has 2 fully saturated rings. The van der Waals surface area contributed by atoms with Crippen LogP contribution in [0.5, 0.6) is 11.5 Å². The highest BCUT2D eigenvalue weighted by atomic mass is 16.5. The van der Waals surface area contributed by atoms with Crippen molar-refractivity contribution in [3.63, 3.8) is 0 Å². The summed E-state index contributed by atoms with van der Waals surface area (Å²) in [6, 6.07) is 6.77. The number of piperidine rings is 1. The Balaban J connectivity index is 1.55. The summed E-state index contributed by atoms with van der Waals surface area (Å²) in [4.78, 5) is 7.35. The third-order valence-corrected chi connectivity index (χ3v) is 5.02. The van der Waals surface area contributed by atoms with E-state index >= 15 is 0 Å². The zero-order valence-electron chi connectivity index (χ0n) is 16.0. The molecule has 1 aliphatic heterocycles. The van der Waals surface area contributed by atoms with Crippen molar-refractivity contribution in [1.29, 1.82) is 0 Å². The van der Waals surface area contributed by atoms with E-state index in [1.54, 1.807) is 6.07 Å². The number of hydrogen-bond donors (Lipinski definition) is 3. The molecular formula is C20H32N4O2. The molecule has 0 amide bonds. The van der Waals surface area contributed by atoms with Crippen molar-refractivity contribution >= 4 is 5.96 Å². The van der Waals surface area contributed by atoms with Gasteiger partial charge in [-0.15, -0.1) is 0 Å². The summed E-state index contributed by atoms with van der Waals surface area (Å²) >= 11 is 0. The highest BCUT2D eigenvalue weighted by Gasteiger charge is 2.31. The van der Waals surface area contributed by atoms with Crippen LogP contribution in [0.2, 0.25) is 0 Å². The summed E-state index contributed by atoms with van der Waals surface area (Å²) in [7, 11) is 0. The summed E-state index contributed by atoms with van der Waals surface area (Å²) in [5.41, 5.74) is 1.02. The van der Waals surface area contributed by atoms with Gasteiger partial charge in [0.15, 0.2) is 17.5 Å². The Hall–Kier alpha value is -1.95. The highest BCUT2D eigenvalue weighted by Crippen LogP contribution is 2.29. The number of nitrogens with zero attached hydrogens (tertiary/aromatic N) is 2. The monoisotopic (exact) mass is 360 g/mol. The van der Waals surface area contributed by atoms with Gasteiger partial charge in [0.25, 0.3) is 0 Å². The molecule has 0 radical (unpaired) electrons. The molecule has 2 aliphatic rings. The lowest BCUT2D eigenvalue weighted by atomic mass is 10.1. The van der Waals surface area contributed by atoms with Crippen LogP contribution in [0.3, 0.4) is 0 Å². The Labute approximate surface area is 156 Å². The van der Waals surface area contributed by atoms with E-state index in [0.717, 1.165) is 24.1 Å². The fraction of sp³-hybridized carbons (Fsp3) is 0.650. The van der Waals surface area contributed by atoms with Crippen molar-refractivity contribution < 1.29 is 9.84 Å². The maximum Gasteiger partial charge on any atom is 0.191 e. The number of nitrogens with one attached hydrogen (secondary N) is 2. The first-order valence-electron chi connectivity index (χ1n) is 9.93. The minimum atomic E-state index is 0.173. The Morgan fingerprint density at radius 1 is 1.23 bits per heavy atom. The average molecular weight is 361 g/mol. The molecule has 1 saturated carbocycles. The van der Waals surface area contributed by atoms with Gasteiger partial charge in [-0.3, -0.25) is 0 Å². The maximum atomic E-state index is 9.82. The normalized spacial score (nSPS) is 19.4. The van der Waals surface area contributed by atoms with Crippen LogP contribution >= 0.6 is 0 Å². The summed E-state index contributed by atoms with van der Waals surface area (Å²) < 4.78 is 5.45. The molecule has 1 aromatic rings. The molecule has 0 atom stereocenters. The number of aromatic hydroxyl groups is 1. The van der Waals surface area contributed by atoms with E-state index in [0.29, 0.717) is 24.9 Å². The molecule has 1 aromatic carbocycles. The fourth-order valence-corrected chi connectivity index (χ4v) is 3.46. The molecule has 144 valence electrons. The number of hydrogen-bond acceptors (Lipinski definition) is 4. The van der Waals surface area contributed by atoms with E-state index in [2.05, 4.69) is 22.5 Å². The lowest BCUT2D eigenvalue weighted by Gasteiger charge is -2.33. The van der Waals surface area contributed by atoms with Crippen molar-refractivity contribution in [2.24, 2.45) is 4.99 Å². The number of ether oxygens (including phenoxy) is 1. The molecule has 3 rings (SSSR count). The first kappa shape index (κ1) is 18.8. The quantitative estimate of drug-likeness (QED) is 0.515. The van der Waals surface area contributed by atoms with E-state index in [1.807, 2.05) is 19.1 Å². The number of aliphatic imine (C=N–C) groups is 1. The van der Waals surface area contributed by atoms with Gasteiger partial charge < -0.3 is 25.4 Å². The van der Waals surface area contributed by atoms with Crippen LogP contribution in [0.15, 0.2) is 23.2 Å². The smallest absolute Gasteiger partial charge is 0.191 e. The molecule has 6 heteroatoms. The zero-order chi connectivity index (χ0) is 18.4. The van der Waals surface area contributed by atoms with Gasteiger partial charge in [-0.1, -0.05) is 6.07 Å². The fourth-order valence-electron chi connectivity index (χ4n) is 3.46. The summed E-state index contributed by atoms with van der Waals surface area (Å²) in [5, 5.41) is 16.8. The highest BCUT2D eigenvalue weighted by molar-refractivity contribution is 5.80. The number of guanidine groups is 1. The van der Waals surface area contributed by atoms with E-state index in [-0.39, 0.29) is 5.75 Å². The first-order valence-corrected chi connectivity index (χ1v) is 9.93. The van der Waals surface area contributed by atoms with Gasteiger partial charge in [0.05, 0.1) is 13.2 Å². The van der Waals surface area contributed by atoms with Gasteiger partial charge in [-0.25, -0.2) is 4.99 Å². The lowest BCUT2D eigenvalue weighted by molar-refractivity contribution is 0.197. The van der Waals surface area contributed by atoms with Crippen molar-refractivity contribution in [2.75, 3.05) is 26.2 Å². The molecule has 0 aromatic heterocycles. The molecule has 0 bridgehead atoms. The van der Waals surface area contributed by atoms with E-state index in [9.17, 15) is 5.11 Å². The minimum absolute atomic E-state index is 0.173. The summed E-state index contributed by atoms with van der Waals surface area (Å²) in [5.74, 6) is 1.56. The SMILES string of the molecule is CCNC(=NCc1ccc(O)c(OCC)c1)NC1CCN(C2CC2)CC1. The van der Waals surface area contributed by atoms with E-state index in [1.165, 1.54) is 38.8 Å². The Bertz CT molecular complexity index is 608. The number of phenols is 1. The third kappa shape index (κ3) is 5.27. The minimum Gasteiger partial charge on any atom is -0.504 e. The van der Waals surface area contributed by atoms with Crippen LogP contribution in [-0.2, 0) is 6.54 Å². The van der Waals surface area contributed by atoms with Crippen LogP contribution in [0.25, 0.3) is 0 Å². The molecule has 1 aliphatic carbocycles. The van der Waals surface area contributed by atoms with Crippen molar-refractivity contribution in [3.8, 4) is 11.5 Å². The average Bonchev–Trinajstić information content (AvgIpc) is 3.48. The largest absolute Gasteiger partial charge is 0.504 e. The maximum absolute atomic E-state index is 9.82. The van der Waals surface area contributed by atoms with Crippen molar-refractivity contribution in [1.82, 2.24) is 15.5 Å². The summed E-state index contributed by atoms with van der Waals surface area (Å²) in [6.45, 7) is 8.30. The van der Waals surface area contributed by atoms with Gasteiger partial charge in [0.2, 0.25) is 0 Å². The van der Waals surface area contributed by atoms with Crippen molar-refractivity contribution in [3.05, 3.63) is 23.8 Å². The predicted molar refractivity (Wildman–Crippen MR) is 105 cm³/mol. The second kappa shape index (κ2) is 9.12. The zero-order valence-corrected chi connectivity index (χ0v) is 16.0. The molecule has 26 heavy (non-hydrogen) atoms. The Kier molecular flexibility index (Phi) is 6.61. The lowest BCUT2D eigenvalue weighted by Crippen LogP contribution is -2.49. The van der Waals surface area contributed by atoms with Gasteiger partial charge >= 0.3 is 0 Å². The number of phenolic OH excluding ortho intramolecular Hbond substituents is 1. The second-order valence-electron chi connectivity index (χ2n) is 7.12. The first-order chi connectivity index (χ1) is 12.7. The van der Waals surface area contributed by atoms with Crippen LogP contribution in [-0.4, -0.2) is 54.3 Å². The van der Waals surface area contributed by atoms with Gasteiger partial charge in [0.1, 0.15) is 0 Å². The standard InChI is InChI=1S/C20H32N4O2/c1-3-21-20(23-16-9-11-24(12-10-16)17-6-7-17)22-14-15-5-8-18(25)19(13-15)26-4-2/h5,8,13,16-17,25H,3-4,6-7,9-12,14H2,1-2H3,(H2,21,22,23). The molecular weight excluding hydrogens is 328 g/mol. The van der Waals surface area contributed by atoms with Crippen molar-refractivity contribution in [2.45, 2.75) is 58.2 Å². The molecule has 6 nitrogen and oxygen atoms in total. The molecule has 1 saturated heterocycles. The molecule has 0 unspecified atom stereocenters. The van der Waals surface area contributed by atoms with Crippen LogP contribution < -0.4 is 15.4 Å². The van der Waals surface area contributed by atoms with Gasteiger partial charge in [0, 0.05) is 31.7 Å². The van der Waals surface area contributed by atoms with Crippen LogP contribution in [0.4, 0.5) is 0 Å². The number of benzene rings is 1. The molecule has 3 N–H and O–H groups in total. The molecule has 1 heterocycles. The third-order valence-electron chi connectivity index (χ3n) is 5.02. The van der Waals surface area contributed by atoms with Crippen LogP contribution in [0, 0.1) is 0 Å². The predicted octanol–water partition coefficient (Wildman–Crippen LogP) is 2.47. The Morgan fingerprint density at radius 3 is 2.65 bits per heavy atom. The van der Waals surface area contributed by atoms with Crippen LogP contribution in [0.1, 0.15) is 45.1 Å². The Morgan fingerprint density at radius 2 is 2.00 bits per heavy atom.